The van der Waals surface area contributed by atoms with Gasteiger partial charge in [0, 0.05) is 17.5 Å². The lowest BCUT2D eigenvalue weighted by atomic mass is 10.1. The normalized spacial score (nSPS) is 13.2. The van der Waals surface area contributed by atoms with Gasteiger partial charge in [0.25, 0.3) is 0 Å². The Balaban J connectivity index is 1.76. The minimum atomic E-state index is -4.98. The van der Waals surface area contributed by atoms with E-state index < -0.39 is 13.8 Å². The van der Waals surface area contributed by atoms with Gasteiger partial charge in [0.2, 0.25) is 5.91 Å². The summed E-state index contributed by atoms with van der Waals surface area (Å²) in [5.41, 5.74) is 1.74. The molecule has 2 aromatic rings. The van der Waals surface area contributed by atoms with Crippen LogP contribution in [0.15, 0.2) is 51.8 Å². The molecular formula is C19H21BrF2NO4PS. The van der Waals surface area contributed by atoms with Crippen LogP contribution in [0.3, 0.4) is 0 Å². The number of nitrogens with one attached hydrogen (secondary N) is 1. The third kappa shape index (κ3) is 8.09. The summed E-state index contributed by atoms with van der Waals surface area (Å²) in [6.45, 7) is 1.47. The number of hydrogen-bond acceptors (Lipinski definition) is 4. The third-order valence-electron chi connectivity index (χ3n) is 3.78. The Hall–Kier alpha value is -1.41. The average molecular weight is 508 g/mol. The molecule has 2 rings (SSSR count). The molecule has 0 spiro atoms. The fourth-order valence-corrected chi connectivity index (χ4v) is 4.48. The van der Waals surface area contributed by atoms with Crippen molar-refractivity contribution in [2.45, 2.75) is 37.2 Å². The lowest BCUT2D eigenvalue weighted by Crippen LogP contribution is -2.05. The quantitative estimate of drug-likeness (QED) is 0.224. The number of halogens is 3. The largest absolute Gasteiger partial charge is 0.442 e. The summed E-state index contributed by atoms with van der Waals surface area (Å²) in [5, 5.41) is 2.73. The molecule has 0 aliphatic carbocycles. The molecule has 0 bridgehead atoms. The van der Waals surface area contributed by atoms with Crippen molar-refractivity contribution in [3.63, 3.8) is 0 Å². The molecule has 0 saturated carbocycles. The van der Waals surface area contributed by atoms with Crippen LogP contribution in [0.1, 0.15) is 25.3 Å². The highest BCUT2D eigenvalue weighted by Crippen LogP contribution is 2.50. The number of anilines is 1. The van der Waals surface area contributed by atoms with E-state index in [1.807, 2.05) is 24.3 Å². The van der Waals surface area contributed by atoms with E-state index in [2.05, 4.69) is 25.8 Å². The van der Waals surface area contributed by atoms with Gasteiger partial charge >= 0.3 is 13.8 Å². The number of rotatable bonds is 10. The summed E-state index contributed by atoms with van der Waals surface area (Å²) in [6.07, 6.45) is -0.759. The van der Waals surface area contributed by atoms with Crippen molar-refractivity contribution in [1.82, 2.24) is 0 Å². The number of aryl methyl sites for hydroxylation is 1. The molecule has 1 amide bonds. The molecule has 29 heavy (non-hydrogen) atoms. The van der Waals surface area contributed by atoms with E-state index in [1.54, 1.807) is 23.9 Å². The van der Waals surface area contributed by atoms with Crippen molar-refractivity contribution in [1.29, 1.82) is 0 Å². The SMILES string of the molecule is CC(=O)Nc1ccc(SCCCCc2ccc(OP(=O)(O)C(F)F)c(Br)c2)cc1. The van der Waals surface area contributed by atoms with Crippen molar-refractivity contribution in [2.24, 2.45) is 0 Å². The molecule has 0 saturated heterocycles. The van der Waals surface area contributed by atoms with Gasteiger partial charge in [-0.3, -0.25) is 4.79 Å². The number of hydrogen-bond donors (Lipinski definition) is 2. The second kappa shape index (κ2) is 11.1. The predicted molar refractivity (Wildman–Crippen MR) is 115 cm³/mol. The highest BCUT2D eigenvalue weighted by atomic mass is 79.9. The zero-order valence-electron chi connectivity index (χ0n) is 15.6. The van der Waals surface area contributed by atoms with E-state index in [0.29, 0.717) is 4.47 Å². The smallest absolute Gasteiger partial charge is 0.420 e. The number of benzene rings is 2. The van der Waals surface area contributed by atoms with Gasteiger partial charge in [-0.1, -0.05) is 6.07 Å². The van der Waals surface area contributed by atoms with E-state index in [0.717, 1.165) is 41.2 Å². The monoisotopic (exact) mass is 507 g/mol. The number of carbonyl (C=O) groups is 1. The lowest BCUT2D eigenvalue weighted by molar-refractivity contribution is -0.114. The van der Waals surface area contributed by atoms with Gasteiger partial charge in [-0.2, -0.15) is 8.78 Å². The molecular weight excluding hydrogens is 487 g/mol. The Morgan fingerprint density at radius 2 is 1.93 bits per heavy atom. The highest BCUT2D eigenvalue weighted by molar-refractivity contribution is 9.10. The van der Waals surface area contributed by atoms with Gasteiger partial charge in [-0.25, -0.2) is 4.57 Å². The Bertz CT molecular complexity index is 883. The minimum Gasteiger partial charge on any atom is -0.420 e. The number of carbonyl (C=O) groups excluding carboxylic acids is 1. The Morgan fingerprint density at radius 3 is 2.52 bits per heavy atom. The highest BCUT2D eigenvalue weighted by Gasteiger charge is 2.34. The molecule has 1 unspecified atom stereocenters. The first-order valence-corrected chi connectivity index (χ1v) is 12.2. The maximum absolute atomic E-state index is 12.5. The predicted octanol–water partition coefficient (Wildman–Crippen LogP) is 6.31. The molecule has 10 heteroatoms. The fourth-order valence-electron chi connectivity index (χ4n) is 2.41. The van der Waals surface area contributed by atoms with Crippen LogP contribution in [0.2, 0.25) is 0 Å². The number of unbranched alkanes of at least 4 members (excludes halogenated alkanes) is 1. The molecule has 2 aromatic carbocycles. The zero-order valence-corrected chi connectivity index (χ0v) is 18.9. The van der Waals surface area contributed by atoms with Crippen molar-refractivity contribution >= 4 is 46.9 Å². The first-order valence-electron chi connectivity index (χ1n) is 8.76. The maximum Gasteiger partial charge on any atom is 0.442 e. The molecule has 0 fully saturated rings. The number of thioether (sulfide) groups is 1. The van der Waals surface area contributed by atoms with Crippen LogP contribution in [-0.4, -0.2) is 22.7 Å². The lowest BCUT2D eigenvalue weighted by Gasteiger charge is -2.14. The summed E-state index contributed by atoms with van der Waals surface area (Å²) < 4.78 is 41.1. The van der Waals surface area contributed by atoms with Gasteiger partial charge in [0.1, 0.15) is 5.75 Å². The van der Waals surface area contributed by atoms with Gasteiger partial charge in [0.15, 0.2) is 0 Å². The van der Waals surface area contributed by atoms with Crippen LogP contribution in [0.5, 0.6) is 5.75 Å². The maximum atomic E-state index is 12.5. The molecule has 0 aliphatic heterocycles. The van der Waals surface area contributed by atoms with Crippen molar-refractivity contribution in [2.75, 3.05) is 11.1 Å². The van der Waals surface area contributed by atoms with E-state index >= 15 is 0 Å². The molecule has 0 radical (unpaired) electrons. The fraction of sp³-hybridized carbons (Fsp3) is 0.316. The van der Waals surface area contributed by atoms with Crippen LogP contribution in [-0.2, 0) is 15.8 Å². The summed E-state index contributed by atoms with van der Waals surface area (Å²) in [5.74, 6) is 0.749. The number of amides is 1. The topological polar surface area (TPSA) is 75.6 Å². The number of alkyl halides is 2. The Morgan fingerprint density at radius 1 is 1.24 bits per heavy atom. The molecule has 0 aliphatic rings. The molecule has 0 aromatic heterocycles. The second-order valence-corrected chi connectivity index (χ2v) is 9.93. The average Bonchev–Trinajstić information content (AvgIpc) is 2.64. The van der Waals surface area contributed by atoms with Crippen LogP contribution >= 0.6 is 35.3 Å². The van der Waals surface area contributed by atoms with Gasteiger partial charge in [-0.15, -0.1) is 11.8 Å². The molecule has 5 nitrogen and oxygen atoms in total. The van der Waals surface area contributed by atoms with E-state index in [9.17, 15) is 18.1 Å². The van der Waals surface area contributed by atoms with Gasteiger partial charge in [0.05, 0.1) is 4.47 Å². The van der Waals surface area contributed by atoms with Crippen molar-refractivity contribution < 1.29 is 27.6 Å². The summed E-state index contributed by atoms with van der Waals surface area (Å²) >= 11 is 4.92. The summed E-state index contributed by atoms with van der Waals surface area (Å²) in [4.78, 5) is 21.3. The Labute approximate surface area is 180 Å². The zero-order chi connectivity index (χ0) is 21.4. The van der Waals surface area contributed by atoms with Crippen LogP contribution < -0.4 is 9.84 Å². The van der Waals surface area contributed by atoms with Crippen LogP contribution in [0.25, 0.3) is 0 Å². The Kier molecular flexibility index (Phi) is 9.14. The van der Waals surface area contributed by atoms with Crippen molar-refractivity contribution in [3.05, 3.63) is 52.5 Å². The third-order valence-corrected chi connectivity index (χ3v) is 6.44. The van der Waals surface area contributed by atoms with Crippen molar-refractivity contribution in [3.8, 4) is 5.75 Å². The molecule has 0 heterocycles. The van der Waals surface area contributed by atoms with E-state index in [1.165, 1.54) is 13.0 Å². The molecule has 1 atom stereocenters. The molecule has 158 valence electrons. The minimum absolute atomic E-state index is 0.0850. The van der Waals surface area contributed by atoms with Gasteiger partial charge in [-0.05, 0) is 82.9 Å². The van der Waals surface area contributed by atoms with Crippen LogP contribution in [0.4, 0.5) is 14.5 Å². The standard InChI is InChI=1S/C19H21BrF2NO4PS/c1-13(24)23-15-6-8-16(9-7-15)29-11-3-2-4-14-5-10-18(17(20)12-14)27-28(25,26)19(21)22/h5-10,12,19H,2-4,11H2,1H3,(H,23,24)(H,25,26). The first kappa shape index (κ1) is 23.9. The van der Waals surface area contributed by atoms with Crippen LogP contribution in [0, 0.1) is 0 Å². The summed E-state index contributed by atoms with van der Waals surface area (Å²) in [7, 11) is -4.98. The summed E-state index contributed by atoms with van der Waals surface area (Å²) in [6, 6.07) is 12.5. The first-order chi connectivity index (χ1) is 13.7. The van der Waals surface area contributed by atoms with E-state index in [-0.39, 0.29) is 11.7 Å². The van der Waals surface area contributed by atoms with Gasteiger partial charge < -0.3 is 14.7 Å². The second-order valence-electron chi connectivity index (χ2n) is 6.21. The van der Waals surface area contributed by atoms with E-state index in [4.69, 9.17) is 4.89 Å². The molecule has 2 N–H and O–H groups in total.